The lowest BCUT2D eigenvalue weighted by Crippen LogP contribution is -2.46. The van der Waals surface area contributed by atoms with Gasteiger partial charge in [0.25, 0.3) is 0 Å². The number of nitrogens with zero attached hydrogens (tertiary/aromatic N) is 2. The van der Waals surface area contributed by atoms with E-state index in [-0.39, 0.29) is 6.10 Å². The quantitative estimate of drug-likeness (QED) is 0.278. The molecule has 0 amide bonds. The third-order valence-corrected chi connectivity index (χ3v) is 6.45. The lowest BCUT2D eigenvalue weighted by Gasteiger charge is -2.41. The molecule has 0 saturated heterocycles. The Kier molecular flexibility index (Phi) is 5.64. The molecule has 2 aromatic carbocycles. The zero-order valence-corrected chi connectivity index (χ0v) is 18.9. The number of carboxylic acid groups (broad SMARTS) is 1. The zero-order chi connectivity index (χ0) is 23.0. The van der Waals surface area contributed by atoms with Crippen LogP contribution >= 0.6 is 11.6 Å². The Labute approximate surface area is 196 Å². The summed E-state index contributed by atoms with van der Waals surface area (Å²) in [6.45, 7) is 2.60. The molecule has 1 fully saturated rings. The van der Waals surface area contributed by atoms with E-state index in [1.807, 2.05) is 42.5 Å². The number of hydrogen-bond acceptors (Lipinski definition) is 5. The van der Waals surface area contributed by atoms with Crippen molar-refractivity contribution in [2.45, 2.75) is 25.9 Å². The number of fused-ring (bicyclic) bond motifs is 2. The fourth-order valence-corrected chi connectivity index (χ4v) is 4.46. The fourth-order valence-electron chi connectivity index (χ4n) is 4.31. The third kappa shape index (κ3) is 4.36. The highest BCUT2D eigenvalue weighted by molar-refractivity contribution is 6.29. The van der Waals surface area contributed by atoms with Crippen LogP contribution < -0.4 is 4.74 Å². The minimum atomic E-state index is -0.755. The standard InChI is InChI=1S/C26H23ClN2O4/c1-26(25(30)31)14-21(15-26)33-11-10-32-20-6-4-17-12-19(3-2-18(17)13-20)23-24-16(8-9-28-23)5-7-22(27)29-24/h2-9,12-13,21H,10-11,14-15H2,1H3,(H,30,31). The molecule has 2 aromatic heterocycles. The number of carbonyl (C=O) groups is 1. The van der Waals surface area contributed by atoms with E-state index in [4.69, 9.17) is 26.2 Å². The van der Waals surface area contributed by atoms with Crippen LogP contribution in [0.3, 0.4) is 0 Å². The number of rotatable bonds is 7. The summed E-state index contributed by atoms with van der Waals surface area (Å²) in [7, 11) is 0. The van der Waals surface area contributed by atoms with Crippen LogP contribution in [-0.4, -0.2) is 40.4 Å². The van der Waals surface area contributed by atoms with Crippen LogP contribution in [0.25, 0.3) is 32.9 Å². The van der Waals surface area contributed by atoms with Crippen LogP contribution in [-0.2, 0) is 9.53 Å². The first-order chi connectivity index (χ1) is 15.9. The van der Waals surface area contributed by atoms with E-state index in [1.54, 1.807) is 19.2 Å². The van der Waals surface area contributed by atoms with E-state index in [9.17, 15) is 4.79 Å². The molecule has 2 heterocycles. The molecule has 0 radical (unpaired) electrons. The molecule has 1 saturated carbocycles. The van der Waals surface area contributed by atoms with Crippen LogP contribution in [0.15, 0.2) is 60.8 Å². The second kappa shape index (κ2) is 8.61. The predicted octanol–water partition coefficient (Wildman–Crippen LogP) is 5.75. The van der Waals surface area contributed by atoms with Gasteiger partial charge < -0.3 is 14.6 Å². The van der Waals surface area contributed by atoms with Gasteiger partial charge >= 0.3 is 5.97 Å². The maximum Gasteiger partial charge on any atom is 0.309 e. The van der Waals surface area contributed by atoms with Gasteiger partial charge in [0.1, 0.15) is 17.5 Å². The van der Waals surface area contributed by atoms with Gasteiger partial charge in [0.15, 0.2) is 0 Å². The number of carboxylic acids is 1. The van der Waals surface area contributed by atoms with Crippen LogP contribution in [0.1, 0.15) is 19.8 Å². The molecule has 0 atom stereocenters. The fraction of sp³-hybridized carbons (Fsp3) is 0.269. The van der Waals surface area contributed by atoms with E-state index in [0.29, 0.717) is 31.2 Å². The summed E-state index contributed by atoms with van der Waals surface area (Å²) in [4.78, 5) is 20.2. The highest BCUT2D eigenvalue weighted by atomic mass is 35.5. The maximum atomic E-state index is 11.2. The normalized spacial score (nSPS) is 20.0. The highest BCUT2D eigenvalue weighted by Crippen LogP contribution is 2.42. The topological polar surface area (TPSA) is 81.5 Å². The van der Waals surface area contributed by atoms with Crippen molar-refractivity contribution in [2.75, 3.05) is 13.2 Å². The van der Waals surface area contributed by atoms with Gasteiger partial charge in [-0.3, -0.25) is 9.78 Å². The number of halogens is 1. The smallest absolute Gasteiger partial charge is 0.309 e. The summed E-state index contributed by atoms with van der Waals surface area (Å²) >= 11 is 6.11. The van der Waals surface area contributed by atoms with Gasteiger partial charge in [-0.1, -0.05) is 29.8 Å². The molecule has 1 aliphatic carbocycles. The molecular weight excluding hydrogens is 440 g/mol. The first-order valence-corrected chi connectivity index (χ1v) is 11.2. The Bertz CT molecular complexity index is 1350. The number of hydrogen-bond donors (Lipinski definition) is 1. The molecule has 0 spiro atoms. The summed E-state index contributed by atoms with van der Waals surface area (Å²) in [6, 6.07) is 17.7. The van der Waals surface area contributed by atoms with Crippen molar-refractivity contribution >= 4 is 39.2 Å². The molecule has 0 aliphatic heterocycles. The first kappa shape index (κ1) is 21.6. The van der Waals surface area contributed by atoms with E-state index in [0.717, 1.165) is 38.7 Å². The largest absolute Gasteiger partial charge is 0.491 e. The van der Waals surface area contributed by atoms with Gasteiger partial charge in [0, 0.05) is 17.1 Å². The highest BCUT2D eigenvalue weighted by Gasteiger charge is 2.47. The second-order valence-electron chi connectivity index (χ2n) is 8.70. The van der Waals surface area contributed by atoms with Crippen molar-refractivity contribution in [3.8, 4) is 17.0 Å². The molecule has 6 nitrogen and oxygen atoms in total. The van der Waals surface area contributed by atoms with E-state index in [2.05, 4.69) is 16.0 Å². The van der Waals surface area contributed by atoms with Gasteiger partial charge in [0.2, 0.25) is 0 Å². The maximum absolute atomic E-state index is 11.2. The molecule has 168 valence electrons. The van der Waals surface area contributed by atoms with Crippen LogP contribution in [0, 0.1) is 5.41 Å². The summed E-state index contributed by atoms with van der Waals surface area (Å²) in [5.41, 5.74) is 1.90. The SMILES string of the molecule is CC1(C(=O)O)CC(OCCOc2ccc3cc(-c4nccc5ccc(Cl)nc45)ccc3c2)C1. The van der Waals surface area contributed by atoms with Gasteiger partial charge in [0.05, 0.1) is 29.3 Å². The van der Waals surface area contributed by atoms with Gasteiger partial charge in [-0.2, -0.15) is 0 Å². The van der Waals surface area contributed by atoms with Crippen molar-refractivity contribution in [2.24, 2.45) is 5.41 Å². The number of aromatic nitrogens is 2. The molecule has 4 aromatic rings. The molecule has 33 heavy (non-hydrogen) atoms. The van der Waals surface area contributed by atoms with Gasteiger partial charge in [-0.15, -0.1) is 0 Å². The molecular formula is C26H23ClN2O4. The Hall–Kier alpha value is -3.22. The van der Waals surface area contributed by atoms with Crippen molar-refractivity contribution in [1.29, 1.82) is 0 Å². The predicted molar refractivity (Wildman–Crippen MR) is 128 cm³/mol. The van der Waals surface area contributed by atoms with E-state index >= 15 is 0 Å². The zero-order valence-electron chi connectivity index (χ0n) is 18.1. The Morgan fingerprint density at radius 3 is 2.64 bits per heavy atom. The summed E-state index contributed by atoms with van der Waals surface area (Å²) in [5, 5.41) is 12.7. The monoisotopic (exact) mass is 462 g/mol. The van der Waals surface area contributed by atoms with Crippen molar-refractivity contribution in [3.05, 3.63) is 65.9 Å². The Balaban J connectivity index is 1.25. The minimum Gasteiger partial charge on any atom is -0.491 e. The van der Waals surface area contributed by atoms with Crippen molar-refractivity contribution in [1.82, 2.24) is 9.97 Å². The summed E-state index contributed by atoms with van der Waals surface area (Å²) in [6.07, 6.45) is 2.88. The molecule has 0 unspecified atom stereocenters. The number of pyridine rings is 2. The minimum absolute atomic E-state index is 0.00299. The van der Waals surface area contributed by atoms with Crippen molar-refractivity contribution < 1.29 is 19.4 Å². The molecule has 0 bridgehead atoms. The lowest BCUT2D eigenvalue weighted by molar-refractivity contribution is -0.165. The molecule has 5 rings (SSSR count). The Morgan fingerprint density at radius 2 is 1.82 bits per heavy atom. The third-order valence-electron chi connectivity index (χ3n) is 6.24. The van der Waals surface area contributed by atoms with Gasteiger partial charge in [-0.25, -0.2) is 4.98 Å². The van der Waals surface area contributed by atoms with Crippen LogP contribution in [0.4, 0.5) is 0 Å². The summed E-state index contributed by atoms with van der Waals surface area (Å²) < 4.78 is 11.6. The average molecular weight is 463 g/mol. The summed E-state index contributed by atoms with van der Waals surface area (Å²) in [5.74, 6) is 0.00813. The second-order valence-corrected chi connectivity index (χ2v) is 9.09. The van der Waals surface area contributed by atoms with E-state index < -0.39 is 11.4 Å². The molecule has 1 aliphatic rings. The average Bonchev–Trinajstić information content (AvgIpc) is 2.79. The number of benzene rings is 2. The van der Waals surface area contributed by atoms with Crippen molar-refractivity contribution in [3.63, 3.8) is 0 Å². The van der Waals surface area contributed by atoms with Gasteiger partial charge in [-0.05, 0) is 66.9 Å². The first-order valence-electron chi connectivity index (χ1n) is 10.8. The van der Waals surface area contributed by atoms with Crippen LogP contribution in [0.5, 0.6) is 5.75 Å². The molecule has 7 heteroatoms. The van der Waals surface area contributed by atoms with Crippen LogP contribution in [0.2, 0.25) is 5.15 Å². The van der Waals surface area contributed by atoms with E-state index in [1.165, 1.54) is 0 Å². The Morgan fingerprint density at radius 1 is 1.06 bits per heavy atom. The lowest BCUT2D eigenvalue weighted by atomic mass is 9.68. The number of aliphatic carboxylic acids is 1. The molecule has 1 N–H and O–H groups in total. The number of ether oxygens (including phenoxy) is 2.